The Hall–Kier alpha value is -1.34. The first-order valence-electron chi connectivity index (χ1n) is 6.84. The molecule has 0 fully saturated rings. The summed E-state index contributed by atoms with van der Waals surface area (Å²) in [4.78, 5) is 14.2. The molecular formula is C13H22N2O4S. The Labute approximate surface area is 120 Å². The van der Waals surface area contributed by atoms with E-state index in [2.05, 4.69) is 16.6 Å². The molecule has 0 radical (unpaired) electrons. The van der Waals surface area contributed by atoms with E-state index in [1.807, 2.05) is 0 Å². The molecule has 20 heavy (non-hydrogen) atoms. The highest BCUT2D eigenvalue weighted by Gasteiger charge is 2.14. The van der Waals surface area contributed by atoms with Crippen LogP contribution in [0.4, 0.5) is 0 Å². The molecule has 0 saturated carbocycles. The zero-order valence-electron chi connectivity index (χ0n) is 11.7. The van der Waals surface area contributed by atoms with Crippen molar-refractivity contribution in [3.63, 3.8) is 0 Å². The average Bonchev–Trinajstić information content (AvgIpc) is 2.93. The summed E-state index contributed by atoms with van der Waals surface area (Å²) in [6.07, 6.45) is 7.12. The molecule has 1 heterocycles. The van der Waals surface area contributed by atoms with Crippen LogP contribution in [0.15, 0.2) is 23.4 Å². The first-order valence-corrected chi connectivity index (χ1v) is 8.32. The fourth-order valence-electron chi connectivity index (χ4n) is 1.63. The molecule has 0 saturated heterocycles. The molecule has 0 aliphatic heterocycles. The van der Waals surface area contributed by atoms with Crippen LogP contribution in [0.1, 0.15) is 39.0 Å². The topological polar surface area (TPSA) is 88.3 Å². The maximum atomic E-state index is 11.7. The minimum atomic E-state index is -3.53. The van der Waals surface area contributed by atoms with E-state index in [-0.39, 0.29) is 23.8 Å². The lowest BCUT2D eigenvalue weighted by Crippen LogP contribution is -2.26. The van der Waals surface area contributed by atoms with Gasteiger partial charge in [-0.25, -0.2) is 13.1 Å². The van der Waals surface area contributed by atoms with Crippen LogP contribution in [-0.4, -0.2) is 32.5 Å². The number of aromatic amines is 1. The number of carbonyl (C=O) groups is 1. The number of unbranched alkanes of at least 4 members (excludes halogenated alkanes) is 3. The number of H-pyrrole nitrogens is 1. The van der Waals surface area contributed by atoms with Crippen molar-refractivity contribution >= 4 is 16.0 Å². The van der Waals surface area contributed by atoms with Gasteiger partial charge in [0.25, 0.3) is 0 Å². The number of carbonyl (C=O) groups excluding carboxylic acids is 1. The monoisotopic (exact) mass is 302 g/mol. The number of hydrogen-bond donors (Lipinski definition) is 2. The number of esters is 1. The van der Waals surface area contributed by atoms with E-state index in [0.717, 1.165) is 25.7 Å². The van der Waals surface area contributed by atoms with E-state index in [9.17, 15) is 13.2 Å². The van der Waals surface area contributed by atoms with Gasteiger partial charge in [0.2, 0.25) is 10.0 Å². The van der Waals surface area contributed by atoms with Crippen LogP contribution < -0.4 is 4.72 Å². The Balaban J connectivity index is 2.16. The van der Waals surface area contributed by atoms with Crippen LogP contribution in [0, 0.1) is 0 Å². The van der Waals surface area contributed by atoms with Gasteiger partial charge in [-0.1, -0.05) is 26.2 Å². The van der Waals surface area contributed by atoms with Crippen molar-refractivity contribution in [3.8, 4) is 0 Å². The van der Waals surface area contributed by atoms with Gasteiger partial charge in [0.05, 0.1) is 17.9 Å². The van der Waals surface area contributed by atoms with Crippen LogP contribution in [0.3, 0.4) is 0 Å². The molecule has 114 valence electrons. The second-order valence-electron chi connectivity index (χ2n) is 4.48. The maximum absolute atomic E-state index is 11.7. The number of ether oxygens (including phenoxy) is 1. The van der Waals surface area contributed by atoms with Gasteiger partial charge in [0.15, 0.2) is 0 Å². The van der Waals surface area contributed by atoms with Crippen LogP contribution in [0.5, 0.6) is 0 Å². The van der Waals surface area contributed by atoms with Crippen molar-refractivity contribution in [1.29, 1.82) is 0 Å². The van der Waals surface area contributed by atoms with Crippen LogP contribution in [0.25, 0.3) is 0 Å². The Morgan fingerprint density at radius 3 is 2.80 bits per heavy atom. The van der Waals surface area contributed by atoms with Gasteiger partial charge in [-0.15, -0.1) is 0 Å². The van der Waals surface area contributed by atoms with Crippen LogP contribution >= 0.6 is 0 Å². The van der Waals surface area contributed by atoms with Gasteiger partial charge in [0, 0.05) is 18.9 Å². The summed E-state index contributed by atoms with van der Waals surface area (Å²) in [6, 6.07) is 1.45. The third-order valence-electron chi connectivity index (χ3n) is 2.76. The molecule has 1 aromatic rings. The lowest BCUT2D eigenvalue weighted by Gasteiger charge is -2.06. The molecule has 0 unspecified atom stereocenters. The summed E-state index contributed by atoms with van der Waals surface area (Å²) in [5, 5.41) is 0. The molecule has 0 atom stereocenters. The summed E-state index contributed by atoms with van der Waals surface area (Å²) in [6.45, 7) is 2.56. The minimum absolute atomic E-state index is 0.0391. The van der Waals surface area contributed by atoms with Crippen molar-refractivity contribution < 1.29 is 17.9 Å². The Morgan fingerprint density at radius 1 is 1.35 bits per heavy atom. The molecule has 1 rings (SSSR count). The minimum Gasteiger partial charge on any atom is -0.466 e. The predicted octanol–water partition coefficient (Wildman–Crippen LogP) is 1.81. The van der Waals surface area contributed by atoms with E-state index >= 15 is 0 Å². The Bertz CT molecular complexity index is 482. The molecule has 0 bridgehead atoms. The van der Waals surface area contributed by atoms with Crippen LogP contribution in [0.2, 0.25) is 0 Å². The van der Waals surface area contributed by atoms with Gasteiger partial charge in [-0.2, -0.15) is 0 Å². The highest BCUT2D eigenvalue weighted by atomic mass is 32.2. The second kappa shape index (κ2) is 8.76. The van der Waals surface area contributed by atoms with Crippen molar-refractivity contribution in [2.45, 2.75) is 43.9 Å². The molecule has 0 aromatic carbocycles. The fourth-order valence-corrected chi connectivity index (χ4v) is 2.64. The van der Waals surface area contributed by atoms with Crippen molar-refractivity contribution in [2.75, 3.05) is 13.2 Å². The van der Waals surface area contributed by atoms with Gasteiger partial charge < -0.3 is 9.72 Å². The molecule has 0 aliphatic carbocycles. The average molecular weight is 302 g/mol. The van der Waals surface area contributed by atoms with Crippen molar-refractivity contribution in [2.24, 2.45) is 0 Å². The lowest BCUT2D eigenvalue weighted by molar-refractivity contribution is -0.143. The summed E-state index contributed by atoms with van der Waals surface area (Å²) < 4.78 is 30.8. The molecule has 6 nitrogen and oxygen atoms in total. The normalized spacial score (nSPS) is 11.4. The van der Waals surface area contributed by atoms with Gasteiger partial charge >= 0.3 is 5.97 Å². The van der Waals surface area contributed by atoms with E-state index in [4.69, 9.17) is 4.74 Å². The predicted molar refractivity (Wildman–Crippen MR) is 75.7 cm³/mol. The lowest BCUT2D eigenvalue weighted by atomic mass is 10.2. The molecule has 7 heteroatoms. The quantitative estimate of drug-likeness (QED) is 0.509. The van der Waals surface area contributed by atoms with Gasteiger partial charge in [0.1, 0.15) is 0 Å². The fraction of sp³-hybridized carbons (Fsp3) is 0.615. The number of rotatable bonds is 10. The molecular weight excluding hydrogens is 280 g/mol. The SMILES string of the molecule is CCCCCCOC(=O)CCNS(=O)(=O)c1cc[nH]c1. The highest BCUT2D eigenvalue weighted by molar-refractivity contribution is 7.89. The standard InChI is InChI=1S/C13H22N2O4S/c1-2-3-4-5-10-19-13(16)7-9-15-20(17,18)12-6-8-14-11-12/h6,8,11,14-15H,2-5,7,9-10H2,1H3. The highest BCUT2D eigenvalue weighted by Crippen LogP contribution is 2.05. The molecule has 2 N–H and O–H groups in total. The van der Waals surface area contributed by atoms with Crippen molar-refractivity contribution in [1.82, 2.24) is 9.71 Å². The van der Waals surface area contributed by atoms with Gasteiger partial charge in [-0.05, 0) is 12.5 Å². The van der Waals surface area contributed by atoms with Gasteiger partial charge in [-0.3, -0.25) is 4.79 Å². The number of sulfonamides is 1. The summed E-state index contributed by atoms with van der Waals surface area (Å²) in [5.41, 5.74) is 0. The molecule has 0 amide bonds. The number of aromatic nitrogens is 1. The largest absolute Gasteiger partial charge is 0.466 e. The smallest absolute Gasteiger partial charge is 0.307 e. The molecule has 0 aliphatic rings. The van der Waals surface area contributed by atoms with E-state index in [1.165, 1.54) is 18.5 Å². The third-order valence-corrected chi connectivity index (χ3v) is 4.22. The maximum Gasteiger partial charge on any atom is 0.307 e. The zero-order chi connectivity index (χ0) is 14.8. The second-order valence-corrected chi connectivity index (χ2v) is 6.24. The summed E-state index contributed by atoms with van der Waals surface area (Å²) in [5.74, 6) is -0.377. The first kappa shape index (κ1) is 16.7. The number of hydrogen-bond acceptors (Lipinski definition) is 4. The number of nitrogens with one attached hydrogen (secondary N) is 2. The van der Waals surface area contributed by atoms with E-state index in [0.29, 0.717) is 6.61 Å². The van der Waals surface area contributed by atoms with E-state index < -0.39 is 10.0 Å². The Kier molecular flexibility index (Phi) is 7.32. The molecule has 1 aromatic heterocycles. The Morgan fingerprint density at radius 2 is 2.15 bits per heavy atom. The summed E-state index contributed by atoms with van der Waals surface area (Å²) >= 11 is 0. The zero-order valence-corrected chi connectivity index (χ0v) is 12.5. The van der Waals surface area contributed by atoms with Crippen molar-refractivity contribution in [3.05, 3.63) is 18.5 Å². The van der Waals surface area contributed by atoms with E-state index in [1.54, 1.807) is 0 Å². The third kappa shape index (κ3) is 6.21. The molecule has 0 spiro atoms. The first-order chi connectivity index (χ1) is 9.56. The van der Waals surface area contributed by atoms with Crippen LogP contribution in [-0.2, 0) is 19.6 Å². The summed E-state index contributed by atoms with van der Waals surface area (Å²) in [7, 11) is -3.53.